The number of methoxy groups -OCH3 is 1. The Kier molecular flexibility index (Phi) is 6.12. The lowest BCUT2D eigenvalue weighted by Crippen LogP contribution is -2.16. The lowest BCUT2D eigenvalue weighted by molar-refractivity contribution is -0.116. The van der Waals surface area contributed by atoms with Gasteiger partial charge >= 0.3 is 0 Å². The Balaban J connectivity index is 1.36. The van der Waals surface area contributed by atoms with Gasteiger partial charge in [0.1, 0.15) is 17.3 Å². The Morgan fingerprint density at radius 3 is 2.61 bits per heavy atom. The molecule has 0 unspecified atom stereocenters. The Morgan fingerprint density at radius 1 is 1.03 bits per heavy atom. The van der Waals surface area contributed by atoms with E-state index in [9.17, 15) is 4.79 Å². The van der Waals surface area contributed by atoms with Crippen LogP contribution >= 0.6 is 0 Å². The minimum absolute atomic E-state index is 0.0970. The van der Waals surface area contributed by atoms with Crippen molar-refractivity contribution in [3.8, 4) is 17.3 Å². The van der Waals surface area contributed by atoms with Gasteiger partial charge in [-0.3, -0.25) is 4.79 Å². The van der Waals surface area contributed by atoms with Gasteiger partial charge in [0.05, 0.1) is 24.9 Å². The highest BCUT2D eigenvalue weighted by atomic mass is 16.5. The summed E-state index contributed by atoms with van der Waals surface area (Å²) in [6.45, 7) is 2.33. The second kappa shape index (κ2) is 9.30. The summed E-state index contributed by atoms with van der Waals surface area (Å²) in [4.78, 5) is 17.1. The topological polar surface area (TPSA) is 78.3 Å². The summed E-state index contributed by atoms with van der Waals surface area (Å²) in [7, 11) is 1.62. The molecule has 4 rings (SSSR count). The van der Waals surface area contributed by atoms with E-state index in [2.05, 4.69) is 15.4 Å². The molecule has 158 valence electrons. The zero-order chi connectivity index (χ0) is 21.6. The molecule has 0 aliphatic rings. The van der Waals surface area contributed by atoms with Crippen LogP contribution in [0.3, 0.4) is 0 Å². The fourth-order valence-corrected chi connectivity index (χ4v) is 3.24. The Labute approximate surface area is 180 Å². The van der Waals surface area contributed by atoms with Gasteiger partial charge in [-0.05, 0) is 55.8 Å². The number of fused-ring (bicyclic) bond motifs is 1. The quantitative estimate of drug-likeness (QED) is 0.427. The number of benzene rings is 2. The number of hydrogen-bond acceptors (Lipinski definition) is 5. The molecule has 7 heteroatoms. The van der Waals surface area contributed by atoms with E-state index in [4.69, 9.17) is 9.47 Å². The summed E-state index contributed by atoms with van der Waals surface area (Å²) in [5, 5.41) is 8.49. The summed E-state index contributed by atoms with van der Waals surface area (Å²) in [6.07, 6.45) is 0.935. The number of rotatable bonds is 8. The second-order valence-electron chi connectivity index (χ2n) is 7.12. The number of amides is 1. The Hall–Kier alpha value is -3.87. The second-order valence-corrected chi connectivity index (χ2v) is 7.12. The minimum atomic E-state index is -0.0970. The van der Waals surface area contributed by atoms with Crippen molar-refractivity contribution in [3.63, 3.8) is 0 Å². The van der Waals surface area contributed by atoms with Gasteiger partial charge in [-0.1, -0.05) is 18.2 Å². The summed E-state index contributed by atoms with van der Waals surface area (Å²) in [5.74, 6) is 2.68. The monoisotopic (exact) mass is 416 g/mol. The molecular formula is C24H24N4O3. The molecule has 2 aromatic heterocycles. The normalized spacial score (nSPS) is 10.8. The highest BCUT2D eigenvalue weighted by molar-refractivity contribution is 5.90. The number of pyridine rings is 1. The van der Waals surface area contributed by atoms with Crippen molar-refractivity contribution < 1.29 is 14.3 Å². The number of carbonyl (C=O) groups is 1. The first kappa shape index (κ1) is 20.4. The standard InChI is InChI=1S/C24H24N4O3/c1-17-16-23(28(27-17)22-14-9-18-6-3-4-7-21(18)25-22)26-24(29)8-5-15-31-20-12-10-19(30-2)11-13-20/h3-4,6-7,9-14,16H,5,8,15H2,1-2H3,(H,26,29). The van der Waals surface area contributed by atoms with Gasteiger partial charge in [0, 0.05) is 17.9 Å². The highest BCUT2D eigenvalue weighted by Crippen LogP contribution is 2.20. The molecule has 0 atom stereocenters. The third kappa shape index (κ3) is 5.01. The van der Waals surface area contributed by atoms with Gasteiger partial charge in [-0.15, -0.1) is 0 Å². The van der Waals surface area contributed by atoms with Gasteiger partial charge in [0.2, 0.25) is 5.91 Å². The minimum Gasteiger partial charge on any atom is -0.497 e. The van der Waals surface area contributed by atoms with Gasteiger partial charge in [0.25, 0.3) is 0 Å². The predicted molar refractivity (Wildman–Crippen MR) is 120 cm³/mol. The molecule has 0 spiro atoms. The lowest BCUT2D eigenvalue weighted by Gasteiger charge is -2.10. The maximum absolute atomic E-state index is 12.5. The van der Waals surface area contributed by atoms with Crippen LogP contribution in [0.2, 0.25) is 0 Å². The molecule has 0 bridgehead atoms. The molecule has 4 aromatic rings. The molecule has 31 heavy (non-hydrogen) atoms. The van der Waals surface area contributed by atoms with Crippen LogP contribution < -0.4 is 14.8 Å². The van der Waals surface area contributed by atoms with Crippen LogP contribution in [-0.2, 0) is 4.79 Å². The van der Waals surface area contributed by atoms with Crippen LogP contribution in [0.5, 0.6) is 11.5 Å². The average Bonchev–Trinajstić information content (AvgIpc) is 3.16. The van der Waals surface area contributed by atoms with Crippen molar-refractivity contribution in [1.29, 1.82) is 0 Å². The molecule has 0 saturated heterocycles. The molecule has 1 N–H and O–H groups in total. The van der Waals surface area contributed by atoms with Gasteiger partial charge < -0.3 is 14.8 Å². The van der Waals surface area contributed by atoms with Crippen LogP contribution in [0.1, 0.15) is 18.5 Å². The zero-order valence-electron chi connectivity index (χ0n) is 17.5. The first-order valence-electron chi connectivity index (χ1n) is 10.1. The van der Waals surface area contributed by atoms with Crippen LogP contribution in [0.25, 0.3) is 16.7 Å². The summed E-state index contributed by atoms with van der Waals surface area (Å²) in [6, 6.07) is 21.0. The van der Waals surface area contributed by atoms with E-state index in [1.54, 1.807) is 11.8 Å². The number of aryl methyl sites for hydroxylation is 1. The van der Waals surface area contributed by atoms with E-state index >= 15 is 0 Å². The zero-order valence-corrected chi connectivity index (χ0v) is 17.5. The van der Waals surface area contributed by atoms with Gasteiger partial charge in [-0.2, -0.15) is 9.78 Å². The molecule has 1 amide bonds. The van der Waals surface area contributed by atoms with E-state index in [1.165, 1.54) is 0 Å². The fourth-order valence-electron chi connectivity index (χ4n) is 3.24. The van der Waals surface area contributed by atoms with Gasteiger partial charge in [-0.25, -0.2) is 4.98 Å². The van der Waals surface area contributed by atoms with E-state index in [0.29, 0.717) is 31.1 Å². The fraction of sp³-hybridized carbons (Fsp3) is 0.208. The first-order valence-corrected chi connectivity index (χ1v) is 10.1. The average molecular weight is 416 g/mol. The smallest absolute Gasteiger partial charge is 0.225 e. The predicted octanol–water partition coefficient (Wildman–Crippen LogP) is 4.54. The third-order valence-corrected chi connectivity index (χ3v) is 4.78. The molecule has 7 nitrogen and oxygen atoms in total. The van der Waals surface area contributed by atoms with Crippen LogP contribution in [0.4, 0.5) is 5.82 Å². The molecule has 0 fully saturated rings. The van der Waals surface area contributed by atoms with Crippen LogP contribution in [0.15, 0.2) is 66.7 Å². The van der Waals surface area contributed by atoms with E-state index < -0.39 is 0 Å². The Bertz CT molecular complexity index is 1190. The van der Waals surface area contributed by atoms with E-state index in [0.717, 1.165) is 28.1 Å². The van der Waals surface area contributed by atoms with Crippen molar-refractivity contribution in [2.45, 2.75) is 19.8 Å². The van der Waals surface area contributed by atoms with E-state index in [1.807, 2.05) is 73.7 Å². The van der Waals surface area contributed by atoms with Crippen molar-refractivity contribution in [1.82, 2.24) is 14.8 Å². The van der Waals surface area contributed by atoms with Crippen LogP contribution in [-0.4, -0.2) is 34.4 Å². The summed E-state index contributed by atoms with van der Waals surface area (Å²) < 4.78 is 12.5. The number of para-hydroxylation sites is 1. The van der Waals surface area contributed by atoms with Crippen molar-refractivity contribution in [2.24, 2.45) is 0 Å². The largest absolute Gasteiger partial charge is 0.497 e. The van der Waals surface area contributed by atoms with E-state index in [-0.39, 0.29) is 5.91 Å². The number of nitrogens with zero attached hydrogens (tertiary/aromatic N) is 3. The van der Waals surface area contributed by atoms with Crippen LogP contribution in [0, 0.1) is 6.92 Å². The lowest BCUT2D eigenvalue weighted by atomic mass is 10.2. The van der Waals surface area contributed by atoms with Crippen molar-refractivity contribution >= 4 is 22.6 Å². The van der Waals surface area contributed by atoms with Crippen molar-refractivity contribution in [2.75, 3.05) is 19.0 Å². The van der Waals surface area contributed by atoms with Gasteiger partial charge in [0.15, 0.2) is 5.82 Å². The third-order valence-electron chi connectivity index (χ3n) is 4.78. The molecule has 0 aliphatic heterocycles. The Morgan fingerprint density at radius 2 is 1.81 bits per heavy atom. The number of anilines is 1. The maximum atomic E-state index is 12.5. The molecule has 2 aromatic carbocycles. The van der Waals surface area contributed by atoms with Crippen molar-refractivity contribution in [3.05, 3.63) is 72.4 Å². The molecule has 2 heterocycles. The molecule has 0 radical (unpaired) electrons. The molecule has 0 aliphatic carbocycles. The number of nitrogens with one attached hydrogen (secondary N) is 1. The maximum Gasteiger partial charge on any atom is 0.225 e. The number of aromatic nitrogens is 3. The molecule has 0 saturated carbocycles. The molecular weight excluding hydrogens is 392 g/mol. The number of carbonyl (C=O) groups excluding carboxylic acids is 1. The SMILES string of the molecule is COc1ccc(OCCCC(=O)Nc2cc(C)nn2-c2ccc3ccccc3n2)cc1. The first-order chi connectivity index (χ1) is 15.1. The summed E-state index contributed by atoms with van der Waals surface area (Å²) in [5.41, 5.74) is 1.68. The summed E-state index contributed by atoms with van der Waals surface area (Å²) >= 11 is 0. The number of ether oxygens (including phenoxy) is 2. The number of hydrogen-bond donors (Lipinski definition) is 1. The highest BCUT2D eigenvalue weighted by Gasteiger charge is 2.12.